The van der Waals surface area contributed by atoms with Gasteiger partial charge in [-0.05, 0) is 209 Å². The molecular weight excluding hydrogens is 661 g/mol. The normalized spacial score (nSPS) is 64.1. The molecule has 11 saturated carbocycles. The van der Waals surface area contributed by atoms with E-state index < -0.39 is 0 Å². The van der Waals surface area contributed by atoms with Gasteiger partial charge in [-0.1, -0.05) is 141 Å². The maximum Gasteiger partial charge on any atom is -0.0173 e. The van der Waals surface area contributed by atoms with Gasteiger partial charge in [0.2, 0.25) is 0 Å². The molecule has 0 amide bonds. The zero-order valence-corrected chi connectivity index (χ0v) is 33.5. The Bertz CT molecular complexity index is 1410. The SMILES string of the molecule is C.C.C.C.C.C.C.CC1CCC2CC3CC4C5C6CC7C(C(C)CC(C)C(C)CCC6C5C4(C)CC3(C)CC2(C)C1)C1C7C2C3C4CC(C)C4(C)C3(C)C12C. The lowest BCUT2D eigenvalue weighted by atomic mass is 9.04. The first-order valence-corrected chi connectivity index (χ1v) is 22.5. The largest absolute Gasteiger partial charge is 0.0776 e. The highest BCUT2D eigenvalue weighted by Gasteiger charge is 2.96. The molecular formula is C55H104. The monoisotopic (exact) mass is 765 g/mol. The van der Waals surface area contributed by atoms with Crippen LogP contribution < -0.4 is 0 Å². The quantitative estimate of drug-likeness (QED) is 0.216. The van der Waals surface area contributed by atoms with Gasteiger partial charge < -0.3 is 0 Å². The van der Waals surface area contributed by atoms with Gasteiger partial charge >= 0.3 is 0 Å². The first kappa shape index (κ1) is 47.7. The van der Waals surface area contributed by atoms with E-state index in [0.717, 1.165) is 112 Å². The van der Waals surface area contributed by atoms with E-state index in [0.29, 0.717) is 32.5 Å². The standard InChI is InChI=1S/C48H76.7CH4/c1-24-12-14-29-18-30-19-34-37-32-20-33-36(41-38(33)42-40-35-17-28(5)46(35,9)48(40,11)47(41,42)10)27(4)16-26(3)25(2)13-15-31(32)39(37)45(34,8)23-44(30,7)22-43(29,6)21-24;;;;;;;/h24-42H,12-23H2,1-11H3;7*1H4. The van der Waals surface area contributed by atoms with Crippen molar-refractivity contribution in [2.24, 2.45) is 145 Å². The minimum Gasteiger partial charge on any atom is -0.0776 e. The summed E-state index contributed by atoms with van der Waals surface area (Å²) in [4.78, 5) is 0. The summed E-state index contributed by atoms with van der Waals surface area (Å²) in [7, 11) is 0. The molecule has 0 bridgehead atoms. The number of rotatable bonds is 0. The summed E-state index contributed by atoms with van der Waals surface area (Å²) >= 11 is 0. The number of hydrogen-bond acceptors (Lipinski definition) is 0. The van der Waals surface area contributed by atoms with E-state index in [9.17, 15) is 0 Å². The molecule has 11 aliphatic rings. The van der Waals surface area contributed by atoms with Gasteiger partial charge in [0.05, 0.1) is 0 Å². The summed E-state index contributed by atoms with van der Waals surface area (Å²) in [6, 6.07) is 0. The zero-order chi connectivity index (χ0) is 33.5. The maximum atomic E-state index is 2.88. The van der Waals surface area contributed by atoms with Gasteiger partial charge in [-0.15, -0.1) is 0 Å². The zero-order valence-electron chi connectivity index (χ0n) is 33.5. The van der Waals surface area contributed by atoms with Crippen LogP contribution in [0.2, 0.25) is 0 Å². The van der Waals surface area contributed by atoms with Crippen molar-refractivity contribution in [2.75, 3.05) is 0 Å². The topological polar surface area (TPSA) is 0 Å². The molecule has 0 aliphatic heterocycles. The fraction of sp³-hybridized carbons (Fsp3) is 1.00. The van der Waals surface area contributed by atoms with Crippen molar-refractivity contribution in [1.82, 2.24) is 0 Å². The maximum absolute atomic E-state index is 2.88. The molecule has 0 aromatic heterocycles. The van der Waals surface area contributed by atoms with Crippen LogP contribution in [0.3, 0.4) is 0 Å². The predicted molar refractivity (Wildman–Crippen MR) is 246 cm³/mol. The molecule has 11 rings (SSSR count). The van der Waals surface area contributed by atoms with E-state index in [1.807, 2.05) is 0 Å². The highest BCUT2D eigenvalue weighted by molar-refractivity contribution is 5.42. The second-order valence-corrected chi connectivity index (χ2v) is 24.8. The molecule has 0 N–H and O–H groups in total. The minimum absolute atomic E-state index is 0. The molecule has 0 nitrogen and oxygen atoms in total. The Balaban J connectivity index is 0.000000961. The van der Waals surface area contributed by atoms with Gasteiger partial charge in [0.25, 0.3) is 0 Å². The summed E-state index contributed by atoms with van der Waals surface area (Å²) < 4.78 is 0. The molecule has 25 unspecified atom stereocenters. The van der Waals surface area contributed by atoms with Crippen LogP contribution in [0.1, 0.15) is 205 Å². The number of hydrogen-bond donors (Lipinski definition) is 0. The molecule has 11 aliphatic carbocycles. The highest BCUT2D eigenvalue weighted by Crippen LogP contribution is 3.00. The van der Waals surface area contributed by atoms with Gasteiger partial charge in [0.15, 0.2) is 0 Å². The fourth-order valence-corrected chi connectivity index (χ4v) is 22.1. The summed E-state index contributed by atoms with van der Waals surface area (Å²) in [6.45, 7) is 30.3. The lowest BCUT2D eigenvalue weighted by molar-refractivity contribution is -0.529. The van der Waals surface area contributed by atoms with Crippen LogP contribution in [0.5, 0.6) is 0 Å². The Morgan fingerprint density at radius 2 is 1.09 bits per heavy atom. The Morgan fingerprint density at radius 1 is 0.418 bits per heavy atom. The summed E-state index contributed by atoms with van der Waals surface area (Å²) in [5.41, 5.74) is 3.90. The summed E-state index contributed by atoms with van der Waals surface area (Å²) in [5.74, 6) is 19.8. The summed E-state index contributed by atoms with van der Waals surface area (Å²) in [6.07, 6.45) is 18.8. The van der Waals surface area contributed by atoms with E-state index >= 15 is 0 Å². The lowest BCUT2D eigenvalue weighted by Gasteiger charge is -2.99. The average molecular weight is 765 g/mol. The molecule has 0 saturated heterocycles. The number of fused-ring (bicyclic) bond motifs is 22. The molecule has 55 heavy (non-hydrogen) atoms. The van der Waals surface area contributed by atoms with E-state index in [2.05, 4.69) is 76.2 Å². The van der Waals surface area contributed by atoms with Gasteiger partial charge in [0, 0.05) is 0 Å². The third kappa shape index (κ3) is 4.77. The van der Waals surface area contributed by atoms with Crippen LogP contribution in [-0.4, -0.2) is 0 Å². The van der Waals surface area contributed by atoms with Crippen LogP contribution >= 0.6 is 0 Å². The molecule has 0 aromatic rings. The summed E-state index contributed by atoms with van der Waals surface area (Å²) in [5, 5.41) is 0. The van der Waals surface area contributed by atoms with Crippen molar-refractivity contribution in [3.8, 4) is 0 Å². The van der Waals surface area contributed by atoms with Gasteiger partial charge in [-0.25, -0.2) is 0 Å². The van der Waals surface area contributed by atoms with Gasteiger partial charge in [-0.2, -0.15) is 0 Å². The van der Waals surface area contributed by atoms with Crippen LogP contribution in [0.15, 0.2) is 0 Å². The smallest absolute Gasteiger partial charge is 0.0173 e. The molecule has 25 atom stereocenters. The molecule has 0 spiro atoms. The second kappa shape index (κ2) is 13.8. The molecule has 0 aromatic carbocycles. The van der Waals surface area contributed by atoms with E-state index in [-0.39, 0.29) is 52.0 Å². The Kier molecular flexibility index (Phi) is 11.9. The van der Waals surface area contributed by atoms with E-state index in [4.69, 9.17) is 0 Å². The van der Waals surface area contributed by atoms with E-state index in [1.54, 1.807) is 51.4 Å². The lowest BCUT2D eigenvalue weighted by Crippen LogP contribution is -2.96. The van der Waals surface area contributed by atoms with Crippen molar-refractivity contribution in [2.45, 2.75) is 205 Å². The first-order valence-electron chi connectivity index (χ1n) is 22.5. The Hall–Kier alpha value is 0. The van der Waals surface area contributed by atoms with Crippen molar-refractivity contribution in [1.29, 1.82) is 0 Å². The Morgan fingerprint density at radius 3 is 1.75 bits per heavy atom. The van der Waals surface area contributed by atoms with E-state index in [1.165, 1.54) is 25.7 Å². The van der Waals surface area contributed by atoms with Crippen LogP contribution in [0, 0.1) is 145 Å². The van der Waals surface area contributed by atoms with Crippen LogP contribution in [0.4, 0.5) is 0 Å². The van der Waals surface area contributed by atoms with Crippen LogP contribution in [0.25, 0.3) is 0 Å². The third-order valence-corrected chi connectivity index (χ3v) is 24.1. The average Bonchev–Trinajstić information content (AvgIpc) is 3.00. The molecule has 0 heteroatoms. The predicted octanol–water partition coefficient (Wildman–Crippen LogP) is 17.1. The van der Waals surface area contributed by atoms with Crippen molar-refractivity contribution in [3.63, 3.8) is 0 Å². The second-order valence-electron chi connectivity index (χ2n) is 24.8. The van der Waals surface area contributed by atoms with Gasteiger partial charge in [-0.3, -0.25) is 0 Å². The molecule has 11 fully saturated rings. The Labute approximate surface area is 348 Å². The van der Waals surface area contributed by atoms with Crippen molar-refractivity contribution >= 4 is 0 Å². The molecule has 0 radical (unpaired) electrons. The highest BCUT2D eigenvalue weighted by atomic mass is 15.0. The third-order valence-electron chi connectivity index (χ3n) is 24.1. The fourth-order valence-electron chi connectivity index (χ4n) is 22.1. The molecule has 324 valence electrons. The van der Waals surface area contributed by atoms with Gasteiger partial charge in [0.1, 0.15) is 0 Å². The van der Waals surface area contributed by atoms with Crippen molar-refractivity contribution < 1.29 is 0 Å². The first-order chi connectivity index (χ1) is 22.5. The minimum atomic E-state index is 0. The van der Waals surface area contributed by atoms with Crippen molar-refractivity contribution in [3.05, 3.63) is 0 Å². The molecule has 0 heterocycles. The van der Waals surface area contributed by atoms with Crippen LogP contribution in [-0.2, 0) is 0 Å².